The molecule has 0 radical (unpaired) electrons. The van der Waals surface area contributed by atoms with Crippen molar-refractivity contribution in [1.29, 1.82) is 0 Å². The Labute approximate surface area is 145 Å². The highest BCUT2D eigenvalue weighted by molar-refractivity contribution is 9.10. The number of carbonyl (C=O) groups is 1. The molecule has 5 nitrogen and oxygen atoms in total. The number of nitrogens with zero attached hydrogens (tertiary/aromatic N) is 1. The van der Waals surface area contributed by atoms with Crippen LogP contribution in [-0.2, 0) is 10.3 Å². The lowest BCUT2D eigenvalue weighted by molar-refractivity contribution is -0.275. The molecule has 0 unspecified atom stereocenters. The molecule has 0 aliphatic carbocycles. The van der Waals surface area contributed by atoms with E-state index in [9.17, 15) is 23.1 Å². The molecule has 9 heteroatoms. The van der Waals surface area contributed by atoms with Crippen LogP contribution in [-0.4, -0.2) is 41.2 Å². The molecule has 0 saturated carbocycles. The fraction of sp³-hybridized carbons (Fsp3) is 0.533. The van der Waals surface area contributed by atoms with Gasteiger partial charge in [0, 0.05) is 10.0 Å². The smallest absolute Gasteiger partial charge is 0.444 e. The molecule has 2 rings (SSSR count). The third kappa shape index (κ3) is 4.54. The third-order valence-corrected chi connectivity index (χ3v) is 3.72. The van der Waals surface area contributed by atoms with Crippen LogP contribution in [0.25, 0.3) is 0 Å². The maximum atomic E-state index is 12.5. The molecular weight excluding hydrogens is 395 g/mol. The van der Waals surface area contributed by atoms with Crippen molar-refractivity contribution in [2.75, 3.05) is 13.1 Å². The minimum absolute atomic E-state index is 0.0472. The number of ether oxygens (including phenoxy) is 2. The van der Waals surface area contributed by atoms with Crippen LogP contribution < -0.4 is 4.74 Å². The number of hydrogen-bond acceptors (Lipinski definition) is 4. The molecule has 1 aromatic rings. The second kappa shape index (κ2) is 6.11. The van der Waals surface area contributed by atoms with E-state index in [2.05, 4.69) is 20.7 Å². The van der Waals surface area contributed by atoms with E-state index in [1.54, 1.807) is 20.8 Å². The summed E-state index contributed by atoms with van der Waals surface area (Å²) in [4.78, 5) is 13.1. The molecule has 0 bridgehead atoms. The first-order valence-corrected chi connectivity index (χ1v) is 7.84. The molecule has 1 N–H and O–H groups in total. The molecule has 1 aliphatic rings. The predicted octanol–water partition coefficient (Wildman–Crippen LogP) is 3.79. The van der Waals surface area contributed by atoms with Crippen LogP contribution in [0, 0.1) is 0 Å². The van der Waals surface area contributed by atoms with Crippen LogP contribution in [0.15, 0.2) is 22.7 Å². The summed E-state index contributed by atoms with van der Waals surface area (Å²) in [5.41, 5.74) is -2.39. The van der Waals surface area contributed by atoms with Crippen molar-refractivity contribution in [2.24, 2.45) is 0 Å². The Kier molecular flexibility index (Phi) is 4.80. The predicted molar refractivity (Wildman–Crippen MR) is 82.5 cm³/mol. The highest BCUT2D eigenvalue weighted by Gasteiger charge is 2.49. The van der Waals surface area contributed by atoms with Gasteiger partial charge in [-0.05, 0) is 39.0 Å². The normalized spacial score (nSPS) is 17.2. The lowest BCUT2D eigenvalue weighted by Crippen LogP contribution is -2.62. The number of hydrogen-bond donors (Lipinski definition) is 1. The zero-order chi connectivity index (χ0) is 18.3. The van der Waals surface area contributed by atoms with Gasteiger partial charge in [-0.2, -0.15) is 0 Å². The average Bonchev–Trinajstić information content (AvgIpc) is 2.33. The van der Waals surface area contributed by atoms with Gasteiger partial charge in [0.1, 0.15) is 17.0 Å². The Hall–Kier alpha value is -1.48. The monoisotopic (exact) mass is 411 g/mol. The molecule has 1 saturated heterocycles. The molecule has 134 valence electrons. The Bertz CT molecular complexity index is 637. The van der Waals surface area contributed by atoms with E-state index < -0.39 is 29.4 Å². The average molecular weight is 412 g/mol. The minimum Gasteiger partial charge on any atom is -0.444 e. The maximum absolute atomic E-state index is 12.5. The summed E-state index contributed by atoms with van der Waals surface area (Å²) in [6.07, 6.45) is -5.52. The van der Waals surface area contributed by atoms with Gasteiger partial charge >= 0.3 is 12.5 Å². The van der Waals surface area contributed by atoms with Crippen LogP contribution in [0.5, 0.6) is 5.75 Å². The van der Waals surface area contributed by atoms with E-state index in [1.807, 2.05) is 0 Å². The van der Waals surface area contributed by atoms with Gasteiger partial charge in [0.25, 0.3) is 0 Å². The van der Waals surface area contributed by atoms with Gasteiger partial charge in [-0.25, -0.2) is 4.79 Å². The first-order valence-electron chi connectivity index (χ1n) is 7.05. The number of carbonyl (C=O) groups excluding carboxylic acids is 1. The summed E-state index contributed by atoms with van der Waals surface area (Å²) in [7, 11) is 0. The van der Waals surface area contributed by atoms with Gasteiger partial charge in [0.05, 0.1) is 13.1 Å². The summed E-state index contributed by atoms with van der Waals surface area (Å²) in [6, 6.07) is 3.83. The fourth-order valence-electron chi connectivity index (χ4n) is 2.29. The van der Waals surface area contributed by atoms with Crippen LogP contribution in [0.4, 0.5) is 18.0 Å². The lowest BCUT2D eigenvalue weighted by atomic mass is 9.86. The van der Waals surface area contributed by atoms with E-state index in [0.717, 1.165) is 6.07 Å². The van der Waals surface area contributed by atoms with Crippen molar-refractivity contribution < 1.29 is 32.5 Å². The van der Waals surface area contributed by atoms with E-state index in [-0.39, 0.29) is 18.7 Å². The van der Waals surface area contributed by atoms with E-state index >= 15 is 0 Å². The number of amides is 1. The van der Waals surface area contributed by atoms with Gasteiger partial charge in [-0.3, -0.25) is 0 Å². The molecule has 1 amide bonds. The quantitative estimate of drug-likeness (QED) is 0.804. The standard InChI is InChI=1S/C15H17BrF3NO4/c1-13(2,3)24-12(21)20-7-14(22,8-20)10-6-9(16)4-5-11(10)23-15(17,18)19/h4-6,22H,7-8H2,1-3H3. The highest BCUT2D eigenvalue weighted by atomic mass is 79.9. The zero-order valence-corrected chi connectivity index (χ0v) is 14.9. The van der Waals surface area contributed by atoms with Crippen molar-refractivity contribution in [3.05, 3.63) is 28.2 Å². The molecule has 1 aromatic carbocycles. The number of likely N-dealkylation sites (tertiary alicyclic amines) is 1. The van der Waals surface area contributed by atoms with Gasteiger partial charge in [0.15, 0.2) is 0 Å². The lowest BCUT2D eigenvalue weighted by Gasteiger charge is -2.46. The number of aliphatic hydroxyl groups is 1. The SMILES string of the molecule is CC(C)(C)OC(=O)N1CC(O)(c2cc(Br)ccc2OC(F)(F)F)C1. The minimum atomic E-state index is -4.88. The molecule has 0 aromatic heterocycles. The van der Waals surface area contributed by atoms with E-state index in [1.165, 1.54) is 17.0 Å². The summed E-state index contributed by atoms with van der Waals surface area (Å²) in [6.45, 7) is 4.71. The van der Waals surface area contributed by atoms with Gasteiger partial charge in [-0.1, -0.05) is 15.9 Å². The van der Waals surface area contributed by atoms with Crippen molar-refractivity contribution >= 4 is 22.0 Å². The van der Waals surface area contributed by atoms with Crippen molar-refractivity contribution in [2.45, 2.75) is 38.3 Å². The zero-order valence-electron chi connectivity index (χ0n) is 13.3. The van der Waals surface area contributed by atoms with E-state index in [0.29, 0.717) is 4.47 Å². The van der Waals surface area contributed by atoms with Crippen molar-refractivity contribution in [3.8, 4) is 5.75 Å². The molecule has 0 spiro atoms. The largest absolute Gasteiger partial charge is 0.573 e. The number of rotatable bonds is 2. The molecule has 1 heterocycles. The third-order valence-electron chi connectivity index (χ3n) is 3.23. The summed E-state index contributed by atoms with van der Waals surface area (Å²) < 4.78 is 47.2. The number of halogens is 4. The summed E-state index contributed by atoms with van der Waals surface area (Å²) in [5, 5.41) is 10.6. The summed E-state index contributed by atoms with van der Waals surface area (Å²) in [5.74, 6) is -0.503. The van der Waals surface area contributed by atoms with Gasteiger partial charge in [-0.15, -0.1) is 13.2 Å². The molecule has 24 heavy (non-hydrogen) atoms. The number of benzene rings is 1. The van der Waals surface area contributed by atoms with E-state index in [4.69, 9.17) is 4.74 Å². The Morgan fingerprint density at radius 3 is 2.38 bits per heavy atom. The molecule has 1 fully saturated rings. The number of alkyl halides is 3. The Morgan fingerprint density at radius 1 is 1.29 bits per heavy atom. The van der Waals surface area contributed by atoms with Gasteiger partial charge in [0.2, 0.25) is 0 Å². The molecule has 0 atom stereocenters. The number of β-amino-alcohol motifs (C(OH)–C–C–N with tert-alkyl or cyclic N) is 1. The second-order valence-electron chi connectivity index (χ2n) is 6.56. The Balaban J connectivity index is 2.18. The van der Waals surface area contributed by atoms with Crippen LogP contribution in [0.3, 0.4) is 0 Å². The maximum Gasteiger partial charge on any atom is 0.573 e. The fourth-order valence-corrected chi connectivity index (χ4v) is 2.65. The van der Waals surface area contributed by atoms with Crippen molar-refractivity contribution in [3.63, 3.8) is 0 Å². The Morgan fingerprint density at radius 2 is 1.88 bits per heavy atom. The first-order chi connectivity index (χ1) is 10.8. The topological polar surface area (TPSA) is 59.0 Å². The highest BCUT2D eigenvalue weighted by Crippen LogP contribution is 2.41. The molecular formula is C15H17BrF3NO4. The van der Waals surface area contributed by atoms with Crippen molar-refractivity contribution in [1.82, 2.24) is 4.90 Å². The molecule has 1 aliphatic heterocycles. The van der Waals surface area contributed by atoms with Gasteiger partial charge < -0.3 is 19.5 Å². The first kappa shape index (κ1) is 18.9. The van der Waals surface area contributed by atoms with Crippen LogP contribution >= 0.6 is 15.9 Å². The van der Waals surface area contributed by atoms with Crippen LogP contribution in [0.2, 0.25) is 0 Å². The summed E-state index contributed by atoms with van der Waals surface area (Å²) >= 11 is 3.15. The van der Waals surface area contributed by atoms with Crippen LogP contribution in [0.1, 0.15) is 26.3 Å². The second-order valence-corrected chi connectivity index (χ2v) is 7.47.